The van der Waals surface area contributed by atoms with Crippen LogP contribution in [-0.4, -0.2) is 25.7 Å². The number of rotatable bonds is 4. The van der Waals surface area contributed by atoms with Crippen molar-refractivity contribution in [1.82, 2.24) is 5.32 Å². The van der Waals surface area contributed by atoms with Crippen molar-refractivity contribution in [2.45, 2.75) is 25.8 Å². The van der Waals surface area contributed by atoms with E-state index in [-0.39, 0.29) is 11.9 Å². The van der Waals surface area contributed by atoms with Crippen molar-refractivity contribution in [1.29, 1.82) is 0 Å². The van der Waals surface area contributed by atoms with Crippen molar-refractivity contribution < 1.29 is 9.53 Å². The van der Waals surface area contributed by atoms with E-state index >= 15 is 0 Å². The molecule has 3 N–H and O–H groups in total. The first kappa shape index (κ1) is 16.6. The van der Waals surface area contributed by atoms with Crippen LogP contribution >= 0.6 is 23.2 Å². The zero-order chi connectivity index (χ0) is 15.5. The molecule has 1 amide bonds. The predicted octanol–water partition coefficient (Wildman–Crippen LogP) is 2.93. The first-order chi connectivity index (χ1) is 9.98. The fourth-order valence-corrected chi connectivity index (χ4v) is 2.81. The molecular formula is C15H20Cl2N2O2. The highest BCUT2D eigenvalue weighted by Gasteiger charge is 2.39. The number of carbonyl (C=O) groups is 1. The van der Waals surface area contributed by atoms with Crippen LogP contribution in [0.4, 0.5) is 0 Å². The number of nitrogens with one attached hydrogen (secondary N) is 1. The molecule has 6 heteroatoms. The molecule has 0 bridgehead atoms. The minimum absolute atomic E-state index is 0.0214. The summed E-state index contributed by atoms with van der Waals surface area (Å²) in [7, 11) is 0. The molecule has 0 radical (unpaired) electrons. The van der Waals surface area contributed by atoms with Gasteiger partial charge in [0.05, 0.1) is 21.5 Å². The molecule has 2 rings (SSSR count). The van der Waals surface area contributed by atoms with E-state index in [2.05, 4.69) is 5.32 Å². The first-order valence-electron chi connectivity index (χ1n) is 7.02. The van der Waals surface area contributed by atoms with E-state index < -0.39 is 5.41 Å². The SMILES string of the molecule is CC(NC(=O)C1(CN)CCOCC1)c1ccc(Cl)c(Cl)c1. The number of hydrogen-bond donors (Lipinski definition) is 2. The summed E-state index contributed by atoms with van der Waals surface area (Å²) in [5.74, 6) is -0.0214. The number of ether oxygens (including phenoxy) is 1. The van der Waals surface area contributed by atoms with Gasteiger partial charge in [0.1, 0.15) is 0 Å². The molecule has 1 saturated heterocycles. The van der Waals surface area contributed by atoms with Crippen LogP contribution in [0.2, 0.25) is 10.0 Å². The van der Waals surface area contributed by atoms with E-state index in [4.69, 9.17) is 33.7 Å². The minimum Gasteiger partial charge on any atom is -0.381 e. The van der Waals surface area contributed by atoms with Crippen LogP contribution in [0.1, 0.15) is 31.4 Å². The Morgan fingerprint density at radius 1 is 1.38 bits per heavy atom. The van der Waals surface area contributed by atoms with Gasteiger partial charge < -0.3 is 15.8 Å². The third-order valence-corrected chi connectivity index (χ3v) is 4.85. The van der Waals surface area contributed by atoms with E-state index in [1.807, 2.05) is 13.0 Å². The Hall–Kier alpha value is -0.810. The van der Waals surface area contributed by atoms with Crippen molar-refractivity contribution in [2.24, 2.45) is 11.1 Å². The lowest BCUT2D eigenvalue weighted by atomic mass is 9.79. The van der Waals surface area contributed by atoms with Gasteiger partial charge in [-0.05, 0) is 37.5 Å². The molecule has 1 aromatic rings. The Kier molecular flexibility index (Phi) is 5.49. The minimum atomic E-state index is -0.525. The fourth-order valence-electron chi connectivity index (χ4n) is 2.50. The number of nitrogens with two attached hydrogens (primary N) is 1. The van der Waals surface area contributed by atoms with E-state index in [1.54, 1.807) is 12.1 Å². The molecule has 1 fully saturated rings. The van der Waals surface area contributed by atoms with E-state index in [0.29, 0.717) is 42.6 Å². The summed E-state index contributed by atoms with van der Waals surface area (Å²) in [5, 5.41) is 4.01. The summed E-state index contributed by atoms with van der Waals surface area (Å²) < 4.78 is 5.33. The van der Waals surface area contributed by atoms with Crippen LogP contribution in [0.3, 0.4) is 0 Å². The summed E-state index contributed by atoms with van der Waals surface area (Å²) in [6, 6.07) is 5.21. The van der Waals surface area contributed by atoms with Gasteiger partial charge in [-0.15, -0.1) is 0 Å². The molecule has 1 heterocycles. The zero-order valence-electron chi connectivity index (χ0n) is 12.0. The van der Waals surface area contributed by atoms with Crippen LogP contribution in [0.5, 0.6) is 0 Å². The number of benzene rings is 1. The van der Waals surface area contributed by atoms with Gasteiger partial charge in [0, 0.05) is 19.8 Å². The summed E-state index contributed by atoms with van der Waals surface area (Å²) in [4.78, 5) is 12.6. The molecule has 21 heavy (non-hydrogen) atoms. The van der Waals surface area contributed by atoms with Crippen molar-refractivity contribution >= 4 is 29.1 Å². The zero-order valence-corrected chi connectivity index (χ0v) is 13.5. The molecule has 0 saturated carbocycles. The second-order valence-electron chi connectivity index (χ2n) is 5.47. The van der Waals surface area contributed by atoms with Crippen LogP contribution < -0.4 is 11.1 Å². The first-order valence-corrected chi connectivity index (χ1v) is 7.78. The van der Waals surface area contributed by atoms with Crippen LogP contribution in [-0.2, 0) is 9.53 Å². The maximum Gasteiger partial charge on any atom is 0.228 e. The Morgan fingerprint density at radius 2 is 2.05 bits per heavy atom. The second-order valence-corrected chi connectivity index (χ2v) is 6.28. The molecule has 1 aliphatic rings. The van der Waals surface area contributed by atoms with Gasteiger partial charge in [-0.3, -0.25) is 4.79 Å². The highest BCUT2D eigenvalue weighted by Crippen LogP contribution is 2.31. The van der Waals surface area contributed by atoms with Gasteiger partial charge in [0.2, 0.25) is 5.91 Å². The third kappa shape index (κ3) is 3.69. The number of amides is 1. The highest BCUT2D eigenvalue weighted by molar-refractivity contribution is 6.42. The van der Waals surface area contributed by atoms with Crippen LogP contribution in [0.15, 0.2) is 18.2 Å². The van der Waals surface area contributed by atoms with E-state index in [9.17, 15) is 4.79 Å². The lowest BCUT2D eigenvalue weighted by Crippen LogP contribution is -2.49. The van der Waals surface area contributed by atoms with Gasteiger partial charge in [-0.25, -0.2) is 0 Å². The maximum atomic E-state index is 12.6. The molecule has 0 aliphatic carbocycles. The molecule has 116 valence electrons. The molecular weight excluding hydrogens is 311 g/mol. The molecule has 0 aromatic heterocycles. The van der Waals surface area contributed by atoms with Gasteiger partial charge >= 0.3 is 0 Å². The Balaban J connectivity index is 2.08. The van der Waals surface area contributed by atoms with Crippen LogP contribution in [0, 0.1) is 5.41 Å². The maximum absolute atomic E-state index is 12.6. The number of carbonyl (C=O) groups excluding carboxylic acids is 1. The summed E-state index contributed by atoms with van der Waals surface area (Å²) in [6.45, 7) is 3.40. The normalized spacial score (nSPS) is 19.0. The summed E-state index contributed by atoms with van der Waals surface area (Å²) >= 11 is 11.9. The van der Waals surface area contributed by atoms with Gasteiger partial charge in [0.25, 0.3) is 0 Å². The van der Waals surface area contributed by atoms with Crippen molar-refractivity contribution in [2.75, 3.05) is 19.8 Å². The molecule has 1 unspecified atom stereocenters. The van der Waals surface area contributed by atoms with Crippen molar-refractivity contribution in [3.63, 3.8) is 0 Å². The average molecular weight is 331 g/mol. The monoisotopic (exact) mass is 330 g/mol. The van der Waals surface area contributed by atoms with E-state index in [1.165, 1.54) is 0 Å². The predicted molar refractivity (Wildman–Crippen MR) is 84.6 cm³/mol. The number of halogens is 2. The molecule has 1 aromatic carbocycles. The fraction of sp³-hybridized carbons (Fsp3) is 0.533. The molecule has 1 atom stereocenters. The van der Waals surface area contributed by atoms with Crippen molar-refractivity contribution in [3.8, 4) is 0 Å². The standard InChI is InChI=1S/C15H20Cl2N2O2/c1-10(11-2-3-12(16)13(17)8-11)19-14(20)15(9-18)4-6-21-7-5-15/h2-3,8,10H,4-7,9,18H2,1H3,(H,19,20). The quantitative estimate of drug-likeness (QED) is 0.892. The molecule has 1 aliphatic heterocycles. The average Bonchev–Trinajstić information content (AvgIpc) is 2.50. The third-order valence-electron chi connectivity index (χ3n) is 4.11. The molecule has 0 spiro atoms. The number of hydrogen-bond acceptors (Lipinski definition) is 3. The van der Waals surface area contributed by atoms with Crippen molar-refractivity contribution in [3.05, 3.63) is 33.8 Å². The lowest BCUT2D eigenvalue weighted by Gasteiger charge is -2.35. The van der Waals surface area contributed by atoms with Crippen LogP contribution in [0.25, 0.3) is 0 Å². The summed E-state index contributed by atoms with van der Waals surface area (Å²) in [6.07, 6.45) is 1.31. The van der Waals surface area contributed by atoms with E-state index in [0.717, 1.165) is 5.56 Å². The Morgan fingerprint density at radius 3 is 2.62 bits per heavy atom. The van der Waals surface area contributed by atoms with Gasteiger partial charge in [0.15, 0.2) is 0 Å². The Bertz CT molecular complexity index is 516. The largest absolute Gasteiger partial charge is 0.381 e. The molecule has 4 nitrogen and oxygen atoms in total. The van der Waals surface area contributed by atoms with Gasteiger partial charge in [-0.2, -0.15) is 0 Å². The topological polar surface area (TPSA) is 64.4 Å². The van der Waals surface area contributed by atoms with Gasteiger partial charge in [-0.1, -0.05) is 29.3 Å². The Labute approximate surface area is 134 Å². The highest BCUT2D eigenvalue weighted by atomic mass is 35.5. The second kappa shape index (κ2) is 6.97. The summed E-state index contributed by atoms with van der Waals surface area (Å²) in [5.41, 5.74) is 6.23. The smallest absolute Gasteiger partial charge is 0.228 e. The lowest BCUT2D eigenvalue weighted by molar-refractivity contribution is -0.136.